The average molecular weight is 312 g/mol. The molecule has 0 fully saturated rings. The van der Waals surface area contributed by atoms with Gasteiger partial charge in [-0.2, -0.15) is 0 Å². The Hall–Kier alpha value is -1.41. The van der Waals surface area contributed by atoms with Crippen LogP contribution in [0, 0.1) is 0 Å². The lowest BCUT2D eigenvalue weighted by Crippen LogP contribution is -2.30. The summed E-state index contributed by atoms with van der Waals surface area (Å²) in [5.74, 6) is 1.29. The summed E-state index contributed by atoms with van der Waals surface area (Å²) in [6, 6.07) is 17.4. The molecule has 1 aliphatic rings. The molecule has 0 radical (unpaired) electrons. The second-order valence-electron chi connectivity index (χ2n) is 7.17. The van der Waals surface area contributed by atoms with Gasteiger partial charge in [-0.15, -0.1) is 11.8 Å². The summed E-state index contributed by atoms with van der Waals surface area (Å²) < 4.78 is 6.34. The number of thioether (sulfide) groups is 1. The number of rotatable bonds is 2. The van der Waals surface area contributed by atoms with Gasteiger partial charge in [0.15, 0.2) is 4.93 Å². The molecule has 3 rings (SSSR count). The molecule has 1 aliphatic heterocycles. The van der Waals surface area contributed by atoms with Gasteiger partial charge in [0, 0.05) is 5.56 Å². The average Bonchev–Trinajstić information content (AvgIpc) is 2.79. The lowest BCUT2D eigenvalue weighted by atomic mass is 9.82. The van der Waals surface area contributed by atoms with Crippen LogP contribution in [-0.2, 0) is 5.41 Å². The number of hydrogen-bond acceptors (Lipinski definition) is 2. The summed E-state index contributed by atoms with van der Waals surface area (Å²) in [7, 11) is 0. The maximum Gasteiger partial charge on any atom is 0.162 e. The van der Waals surface area contributed by atoms with E-state index in [9.17, 15) is 0 Å². The maximum atomic E-state index is 6.34. The predicted octanol–water partition coefficient (Wildman–Crippen LogP) is 5.59. The Morgan fingerprint density at radius 1 is 1.05 bits per heavy atom. The van der Waals surface area contributed by atoms with Crippen molar-refractivity contribution in [3.8, 4) is 5.75 Å². The smallest absolute Gasteiger partial charge is 0.162 e. The van der Waals surface area contributed by atoms with E-state index in [4.69, 9.17) is 4.74 Å². The van der Waals surface area contributed by atoms with Gasteiger partial charge in [0.05, 0.1) is 5.92 Å². The molecule has 0 saturated carbocycles. The fourth-order valence-electron chi connectivity index (χ4n) is 3.18. The van der Waals surface area contributed by atoms with E-state index in [1.165, 1.54) is 16.7 Å². The third kappa shape index (κ3) is 2.54. The second kappa shape index (κ2) is 5.34. The van der Waals surface area contributed by atoms with Crippen LogP contribution in [0.2, 0.25) is 0 Å². The normalized spacial score (nSPS) is 24.0. The molecule has 0 N–H and O–H groups in total. The zero-order valence-electron chi connectivity index (χ0n) is 14.0. The highest BCUT2D eigenvalue weighted by Crippen LogP contribution is 2.53. The summed E-state index contributed by atoms with van der Waals surface area (Å²) >= 11 is 1.79. The van der Waals surface area contributed by atoms with E-state index in [1.807, 2.05) is 0 Å². The summed E-state index contributed by atoms with van der Waals surface area (Å²) in [5, 5.41) is 0. The fraction of sp³-hybridized carbons (Fsp3) is 0.400. The molecule has 116 valence electrons. The van der Waals surface area contributed by atoms with Crippen molar-refractivity contribution in [3.63, 3.8) is 0 Å². The molecular weight excluding hydrogens is 288 g/mol. The molecule has 0 bridgehead atoms. The molecule has 2 aromatic carbocycles. The Morgan fingerprint density at radius 2 is 1.73 bits per heavy atom. The Balaban J connectivity index is 2.16. The van der Waals surface area contributed by atoms with E-state index in [2.05, 4.69) is 82.5 Å². The lowest BCUT2D eigenvalue weighted by Gasteiger charge is -2.29. The standard InChI is InChI=1S/C20H24OS/c1-19(2,3)15-11-12-17-16(13-15)18(20(4,21-17)22-5)14-9-7-6-8-10-14/h6-13,18H,1-5H3/t18-,20-/m1/s1. The summed E-state index contributed by atoms with van der Waals surface area (Å²) in [5.41, 5.74) is 4.15. The molecule has 0 spiro atoms. The largest absolute Gasteiger partial charge is 0.476 e. The Bertz CT molecular complexity index is 672. The number of hydrogen-bond donors (Lipinski definition) is 0. The van der Waals surface area contributed by atoms with Gasteiger partial charge in [-0.1, -0.05) is 63.2 Å². The molecule has 0 amide bonds. The van der Waals surface area contributed by atoms with E-state index >= 15 is 0 Å². The Labute approximate surface area is 138 Å². The van der Waals surface area contributed by atoms with Crippen LogP contribution < -0.4 is 4.74 Å². The minimum Gasteiger partial charge on any atom is -0.476 e. The van der Waals surface area contributed by atoms with Crippen LogP contribution in [0.25, 0.3) is 0 Å². The van der Waals surface area contributed by atoms with Crippen LogP contribution in [0.15, 0.2) is 48.5 Å². The highest BCUT2D eigenvalue weighted by molar-refractivity contribution is 7.99. The van der Waals surface area contributed by atoms with Crippen molar-refractivity contribution in [3.05, 3.63) is 65.2 Å². The first-order valence-electron chi connectivity index (χ1n) is 7.79. The van der Waals surface area contributed by atoms with E-state index in [-0.39, 0.29) is 16.3 Å². The van der Waals surface area contributed by atoms with Crippen molar-refractivity contribution < 1.29 is 4.74 Å². The molecule has 1 heterocycles. The summed E-state index contributed by atoms with van der Waals surface area (Å²) in [6.07, 6.45) is 2.13. The molecule has 2 aromatic rings. The molecule has 1 nitrogen and oxygen atoms in total. The van der Waals surface area contributed by atoms with Gasteiger partial charge in [0.2, 0.25) is 0 Å². The molecule has 22 heavy (non-hydrogen) atoms. The second-order valence-corrected chi connectivity index (χ2v) is 8.39. The van der Waals surface area contributed by atoms with Gasteiger partial charge in [0.1, 0.15) is 5.75 Å². The Kier molecular flexibility index (Phi) is 3.76. The highest BCUT2D eigenvalue weighted by Gasteiger charge is 2.45. The molecular formula is C20H24OS. The third-order valence-corrected chi connectivity index (χ3v) is 5.69. The topological polar surface area (TPSA) is 9.23 Å². The Morgan fingerprint density at radius 3 is 2.32 bits per heavy atom. The monoisotopic (exact) mass is 312 g/mol. The van der Waals surface area contributed by atoms with Gasteiger partial charge in [-0.05, 0) is 35.8 Å². The van der Waals surface area contributed by atoms with Crippen LogP contribution in [-0.4, -0.2) is 11.2 Å². The zero-order chi connectivity index (χ0) is 16.0. The molecule has 0 aliphatic carbocycles. The maximum absolute atomic E-state index is 6.34. The van der Waals surface area contributed by atoms with Crippen LogP contribution in [0.5, 0.6) is 5.75 Å². The van der Waals surface area contributed by atoms with E-state index < -0.39 is 0 Å². The van der Waals surface area contributed by atoms with Gasteiger partial charge >= 0.3 is 0 Å². The van der Waals surface area contributed by atoms with Gasteiger partial charge in [-0.3, -0.25) is 0 Å². The quantitative estimate of drug-likeness (QED) is 0.715. The van der Waals surface area contributed by atoms with Gasteiger partial charge in [-0.25, -0.2) is 0 Å². The number of fused-ring (bicyclic) bond motifs is 1. The predicted molar refractivity (Wildman–Crippen MR) is 96.0 cm³/mol. The van der Waals surface area contributed by atoms with Gasteiger partial charge in [0.25, 0.3) is 0 Å². The van der Waals surface area contributed by atoms with Crippen molar-refractivity contribution in [1.29, 1.82) is 0 Å². The van der Waals surface area contributed by atoms with Crippen LogP contribution in [0.3, 0.4) is 0 Å². The van der Waals surface area contributed by atoms with Crippen molar-refractivity contribution in [2.45, 2.75) is 44.0 Å². The van der Waals surface area contributed by atoms with E-state index in [0.29, 0.717) is 0 Å². The highest BCUT2D eigenvalue weighted by atomic mass is 32.2. The van der Waals surface area contributed by atoms with Crippen LogP contribution in [0.1, 0.15) is 50.3 Å². The SMILES string of the molecule is CS[C@@]1(C)Oc2ccc(C(C)(C)C)cc2[C@H]1c1ccccc1. The van der Waals surface area contributed by atoms with Crippen LogP contribution >= 0.6 is 11.8 Å². The first-order chi connectivity index (χ1) is 10.3. The minimum atomic E-state index is -0.250. The molecule has 2 heteroatoms. The van der Waals surface area contributed by atoms with Crippen molar-refractivity contribution in [1.82, 2.24) is 0 Å². The fourth-order valence-corrected chi connectivity index (χ4v) is 3.85. The van der Waals surface area contributed by atoms with Gasteiger partial charge < -0.3 is 4.74 Å². The first-order valence-corrected chi connectivity index (χ1v) is 9.01. The van der Waals surface area contributed by atoms with E-state index in [0.717, 1.165) is 5.75 Å². The third-order valence-electron chi connectivity index (χ3n) is 4.56. The molecule has 0 aromatic heterocycles. The van der Waals surface area contributed by atoms with Crippen molar-refractivity contribution >= 4 is 11.8 Å². The van der Waals surface area contributed by atoms with Crippen LogP contribution in [0.4, 0.5) is 0 Å². The number of ether oxygens (including phenoxy) is 1. The summed E-state index contributed by atoms with van der Waals surface area (Å²) in [4.78, 5) is -0.250. The molecule has 0 unspecified atom stereocenters. The lowest BCUT2D eigenvalue weighted by molar-refractivity contribution is 0.202. The minimum absolute atomic E-state index is 0.147. The van der Waals surface area contributed by atoms with Crippen molar-refractivity contribution in [2.75, 3.05) is 6.26 Å². The summed E-state index contributed by atoms with van der Waals surface area (Å²) in [6.45, 7) is 8.98. The molecule has 2 atom stereocenters. The number of benzene rings is 2. The van der Waals surface area contributed by atoms with E-state index in [1.54, 1.807) is 11.8 Å². The zero-order valence-corrected chi connectivity index (χ0v) is 14.8. The first kappa shape index (κ1) is 15.5. The van der Waals surface area contributed by atoms with Crippen molar-refractivity contribution in [2.24, 2.45) is 0 Å². The molecule has 0 saturated heterocycles.